The van der Waals surface area contributed by atoms with Crippen molar-refractivity contribution in [2.24, 2.45) is 0 Å². The first-order valence-corrected chi connectivity index (χ1v) is 10.3. The fraction of sp³-hybridized carbons (Fsp3) is 0.333. The number of benzene rings is 1. The smallest absolute Gasteiger partial charge is 0.352 e. The van der Waals surface area contributed by atoms with Crippen molar-refractivity contribution in [3.05, 3.63) is 45.4 Å². The van der Waals surface area contributed by atoms with Crippen LogP contribution >= 0.6 is 0 Å². The number of carboxylic acid groups (broad SMARTS) is 3. The van der Waals surface area contributed by atoms with Crippen molar-refractivity contribution in [2.75, 3.05) is 36.8 Å². The van der Waals surface area contributed by atoms with Gasteiger partial charge in [0.05, 0.1) is 22.7 Å². The van der Waals surface area contributed by atoms with Crippen molar-refractivity contribution >= 4 is 40.2 Å². The van der Waals surface area contributed by atoms with Gasteiger partial charge in [-0.05, 0) is 12.8 Å². The van der Waals surface area contributed by atoms with Crippen LogP contribution in [0.3, 0.4) is 0 Å². The predicted octanol–water partition coefficient (Wildman–Crippen LogP) is 1.07. The molecule has 180 valence electrons. The van der Waals surface area contributed by atoms with Crippen molar-refractivity contribution in [2.45, 2.75) is 18.9 Å². The van der Waals surface area contributed by atoms with Gasteiger partial charge in [-0.25, -0.2) is 23.2 Å². The molecule has 0 radical (unpaired) electrons. The van der Waals surface area contributed by atoms with E-state index < -0.39 is 63.0 Å². The van der Waals surface area contributed by atoms with E-state index in [1.165, 1.54) is 14.4 Å². The van der Waals surface area contributed by atoms with Gasteiger partial charge in [0.15, 0.2) is 11.6 Å². The third-order valence-electron chi connectivity index (χ3n) is 5.95. The van der Waals surface area contributed by atoms with Crippen LogP contribution in [0.25, 0.3) is 10.9 Å². The number of piperazine rings is 1. The van der Waals surface area contributed by atoms with Crippen molar-refractivity contribution in [1.29, 1.82) is 0 Å². The van der Waals surface area contributed by atoms with Gasteiger partial charge in [-0.15, -0.1) is 0 Å². The second-order valence-electron chi connectivity index (χ2n) is 8.08. The molecule has 4 rings (SSSR count). The second kappa shape index (κ2) is 8.32. The fourth-order valence-electron chi connectivity index (χ4n) is 4.20. The Morgan fingerprint density at radius 1 is 1.03 bits per heavy atom. The normalized spacial score (nSPS) is 16.7. The highest BCUT2D eigenvalue weighted by Crippen LogP contribution is 2.41. The van der Waals surface area contributed by atoms with E-state index in [1.54, 1.807) is 0 Å². The van der Waals surface area contributed by atoms with Crippen LogP contribution in [-0.2, 0) is 9.59 Å². The van der Waals surface area contributed by atoms with E-state index in [0.29, 0.717) is 18.9 Å². The Bertz CT molecular complexity index is 1330. The third-order valence-corrected chi connectivity index (χ3v) is 5.95. The number of rotatable bonds is 6. The predicted molar refractivity (Wildman–Crippen MR) is 115 cm³/mol. The van der Waals surface area contributed by atoms with Gasteiger partial charge in [0.1, 0.15) is 16.9 Å². The van der Waals surface area contributed by atoms with Gasteiger partial charge >= 0.3 is 17.9 Å². The van der Waals surface area contributed by atoms with Crippen molar-refractivity contribution < 1.29 is 38.5 Å². The molecule has 1 saturated carbocycles. The SMILES string of the molecule is Nc1c(F)c(N2CCN(C(=CC(=O)O)C(=O)O)CC2)c(F)c2c1c(=O)c(C(=O)O)cn2C1CC1. The molecule has 34 heavy (non-hydrogen) atoms. The number of fused-ring (bicyclic) bond motifs is 1. The van der Waals surface area contributed by atoms with Crippen molar-refractivity contribution in [3.63, 3.8) is 0 Å². The summed E-state index contributed by atoms with van der Waals surface area (Å²) >= 11 is 0. The first-order chi connectivity index (χ1) is 16.0. The zero-order valence-corrected chi connectivity index (χ0v) is 17.6. The van der Waals surface area contributed by atoms with Crippen LogP contribution in [0.2, 0.25) is 0 Å². The topological polar surface area (TPSA) is 166 Å². The monoisotopic (exact) mass is 478 g/mol. The summed E-state index contributed by atoms with van der Waals surface area (Å²) in [5.41, 5.74) is 2.22. The molecule has 2 aliphatic rings. The van der Waals surface area contributed by atoms with Gasteiger partial charge in [0.2, 0.25) is 5.43 Å². The molecule has 2 aromatic rings. The Labute approximate surface area is 189 Å². The summed E-state index contributed by atoms with van der Waals surface area (Å²) in [7, 11) is 0. The van der Waals surface area contributed by atoms with Crippen molar-refractivity contribution in [3.8, 4) is 0 Å². The van der Waals surface area contributed by atoms with Crippen LogP contribution in [0.4, 0.5) is 20.2 Å². The lowest BCUT2D eigenvalue weighted by Gasteiger charge is -2.37. The van der Waals surface area contributed by atoms with E-state index >= 15 is 8.78 Å². The van der Waals surface area contributed by atoms with Gasteiger partial charge < -0.3 is 35.4 Å². The number of nitrogens with two attached hydrogens (primary N) is 1. The van der Waals surface area contributed by atoms with Gasteiger partial charge in [-0.1, -0.05) is 0 Å². The molecule has 2 fully saturated rings. The summed E-state index contributed by atoms with van der Waals surface area (Å²) < 4.78 is 32.4. The molecule has 13 heteroatoms. The highest BCUT2D eigenvalue weighted by Gasteiger charge is 2.34. The number of carbonyl (C=O) groups is 3. The summed E-state index contributed by atoms with van der Waals surface area (Å²) in [6.45, 7) is -0.223. The van der Waals surface area contributed by atoms with Crippen LogP contribution in [0.15, 0.2) is 22.8 Å². The Morgan fingerprint density at radius 2 is 1.65 bits per heavy atom. The summed E-state index contributed by atoms with van der Waals surface area (Å²) in [6, 6.07) is -0.260. The lowest BCUT2D eigenvalue weighted by molar-refractivity contribution is -0.136. The average Bonchev–Trinajstić information content (AvgIpc) is 3.61. The first-order valence-electron chi connectivity index (χ1n) is 10.3. The Hall–Kier alpha value is -4.16. The maximum absolute atomic E-state index is 15.8. The average molecular weight is 478 g/mol. The number of aromatic nitrogens is 1. The molecule has 0 spiro atoms. The summed E-state index contributed by atoms with van der Waals surface area (Å²) in [4.78, 5) is 49.1. The minimum Gasteiger partial charge on any atom is -0.478 e. The van der Waals surface area contributed by atoms with Crippen LogP contribution in [-0.4, -0.2) is 68.9 Å². The number of aliphatic carboxylic acids is 2. The van der Waals surface area contributed by atoms with Gasteiger partial charge in [-0.2, -0.15) is 0 Å². The number of nitrogens with zero attached hydrogens (tertiary/aromatic N) is 3. The molecule has 0 amide bonds. The molecule has 2 heterocycles. The van der Waals surface area contributed by atoms with Gasteiger partial charge in [0.25, 0.3) is 0 Å². The fourth-order valence-corrected chi connectivity index (χ4v) is 4.20. The molecule has 11 nitrogen and oxygen atoms in total. The number of carboxylic acids is 3. The number of hydrogen-bond acceptors (Lipinski definition) is 7. The molecular weight excluding hydrogens is 458 g/mol. The largest absolute Gasteiger partial charge is 0.478 e. The van der Waals surface area contributed by atoms with Gasteiger partial charge in [-0.3, -0.25) is 4.79 Å². The maximum Gasteiger partial charge on any atom is 0.352 e. The molecule has 1 aliphatic carbocycles. The minimum absolute atomic E-state index is 0.0460. The summed E-state index contributed by atoms with van der Waals surface area (Å²) in [5.74, 6) is -6.73. The van der Waals surface area contributed by atoms with E-state index in [2.05, 4.69) is 0 Å². The quantitative estimate of drug-likeness (QED) is 0.348. The Morgan fingerprint density at radius 3 is 2.15 bits per heavy atom. The van der Waals surface area contributed by atoms with Gasteiger partial charge in [0, 0.05) is 38.4 Å². The molecule has 5 N–H and O–H groups in total. The number of halogens is 2. The van der Waals surface area contributed by atoms with Crippen LogP contribution in [0.5, 0.6) is 0 Å². The summed E-state index contributed by atoms with van der Waals surface area (Å²) in [6.07, 6.45) is 2.83. The lowest BCUT2D eigenvalue weighted by atomic mass is 10.1. The maximum atomic E-state index is 15.8. The van der Waals surface area contributed by atoms with Crippen LogP contribution < -0.4 is 16.1 Å². The number of pyridine rings is 1. The van der Waals surface area contributed by atoms with E-state index in [4.69, 9.17) is 10.8 Å². The van der Waals surface area contributed by atoms with E-state index in [0.717, 1.165) is 6.20 Å². The summed E-state index contributed by atoms with van der Waals surface area (Å²) in [5, 5.41) is 27.0. The second-order valence-corrected chi connectivity index (χ2v) is 8.08. The highest BCUT2D eigenvalue weighted by atomic mass is 19.1. The molecule has 1 aromatic carbocycles. The minimum atomic E-state index is -1.54. The van der Waals surface area contributed by atoms with Crippen LogP contribution in [0.1, 0.15) is 29.2 Å². The standard InChI is InChI=1S/C21H20F2N4O7/c22-14-16(24)13-17(27(9-1-2-9)8-10(19(13)30)20(31)32)15(23)18(14)26-5-3-25(4-6-26)11(21(33)34)7-12(28)29/h7-9H,1-6,24H2,(H,28,29)(H,31,32)(H,33,34). The molecule has 1 saturated heterocycles. The molecule has 0 atom stereocenters. The number of hydrogen-bond donors (Lipinski definition) is 4. The number of aromatic carboxylic acids is 1. The van der Waals surface area contributed by atoms with E-state index in [1.807, 2.05) is 0 Å². The van der Waals surface area contributed by atoms with Crippen LogP contribution in [0, 0.1) is 11.6 Å². The lowest BCUT2D eigenvalue weighted by Crippen LogP contribution is -2.47. The number of anilines is 2. The Balaban J connectivity index is 1.80. The highest BCUT2D eigenvalue weighted by molar-refractivity contribution is 6.00. The molecule has 1 aliphatic heterocycles. The van der Waals surface area contributed by atoms with E-state index in [-0.39, 0.29) is 37.7 Å². The third kappa shape index (κ3) is 3.78. The zero-order valence-electron chi connectivity index (χ0n) is 17.6. The van der Waals surface area contributed by atoms with Crippen molar-refractivity contribution in [1.82, 2.24) is 9.47 Å². The first kappa shape index (κ1) is 23.0. The van der Waals surface area contributed by atoms with E-state index in [9.17, 15) is 29.4 Å². The number of nitrogen functional groups attached to an aromatic ring is 1. The molecule has 1 aromatic heterocycles. The Kier molecular flexibility index (Phi) is 5.63. The molecule has 0 bridgehead atoms. The molecule has 0 unspecified atom stereocenters. The zero-order chi connectivity index (χ0) is 24.9. The molecular formula is C21H20F2N4O7.